The Labute approximate surface area is 200 Å². The first-order chi connectivity index (χ1) is 16.7. The monoisotopic (exact) mass is 502 g/mol. The van der Waals surface area contributed by atoms with Gasteiger partial charge in [0.2, 0.25) is 5.88 Å². The summed E-state index contributed by atoms with van der Waals surface area (Å²) >= 11 is 0. The molecule has 1 fully saturated rings. The van der Waals surface area contributed by atoms with Crippen molar-refractivity contribution in [2.75, 3.05) is 24.2 Å². The largest absolute Gasteiger partial charge is 0.472 e. The summed E-state index contributed by atoms with van der Waals surface area (Å²) in [5.74, 6) is 0.336. The Balaban J connectivity index is 1.33. The third-order valence-corrected chi connectivity index (χ3v) is 6.83. The fourth-order valence-corrected chi connectivity index (χ4v) is 4.41. The van der Waals surface area contributed by atoms with Crippen molar-refractivity contribution in [3.05, 3.63) is 36.2 Å². The molecule has 4 heterocycles. The topological polar surface area (TPSA) is 142 Å². The molecule has 184 valence electrons. The van der Waals surface area contributed by atoms with Crippen LogP contribution < -0.4 is 9.64 Å². The molecule has 1 aliphatic rings. The van der Waals surface area contributed by atoms with Crippen LogP contribution in [0.25, 0.3) is 16.9 Å². The van der Waals surface area contributed by atoms with Crippen LogP contribution in [0.5, 0.6) is 5.88 Å². The number of halogens is 1. The Morgan fingerprint density at radius 1 is 1.20 bits per heavy atom. The molecule has 14 heteroatoms. The van der Waals surface area contributed by atoms with Crippen LogP contribution in [0.2, 0.25) is 0 Å². The van der Waals surface area contributed by atoms with Crippen LogP contribution in [0.1, 0.15) is 38.4 Å². The number of rotatable bonds is 6. The van der Waals surface area contributed by atoms with E-state index in [0.29, 0.717) is 37.8 Å². The predicted molar refractivity (Wildman–Crippen MR) is 122 cm³/mol. The number of piperidine rings is 1. The van der Waals surface area contributed by atoms with Gasteiger partial charge in [0.1, 0.15) is 23.9 Å². The highest BCUT2D eigenvalue weighted by molar-refractivity contribution is 7.90. The van der Waals surface area contributed by atoms with Gasteiger partial charge in [-0.3, -0.25) is 0 Å². The third kappa shape index (κ3) is 4.52. The molecule has 0 unspecified atom stereocenters. The molecule has 1 aromatic carbocycles. The first-order valence-electron chi connectivity index (χ1n) is 11.0. The minimum Gasteiger partial charge on any atom is -0.472 e. The first-order valence-corrected chi connectivity index (χ1v) is 12.9. The summed E-state index contributed by atoms with van der Waals surface area (Å²) in [5, 5.41) is 12.1. The molecule has 0 spiro atoms. The molecule has 0 radical (unpaired) electrons. The second kappa shape index (κ2) is 8.83. The highest BCUT2D eigenvalue weighted by atomic mass is 32.2. The van der Waals surface area contributed by atoms with Gasteiger partial charge in [-0.1, -0.05) is 24.2 Å². The van der Waals surface area contributed by atoms with Gasteiger partial charge in [-0.15, -0.1) is 5.10 Å². The molecule has 0 bridgehead atoms. The van der Waals surface area contributed by atoms with Gasteiger partial charge >= 0.3 is 6.01 Å². The van der Waals surface area contributed by atoms with Gasteiger partial charge in [-0.2, -0.15) is 14.6 Å². The Morgan fingerprint density at radius 2 is 1.97 bits per heavy atom. The SMILES string of the molecule is CC(C)c1noc(N2CCC(Oc3ncnc4c3nnn4-c3ccc(S(C)(=O)=O)cc3F)CC2)n1. The molecule has 0 amide bonds. The minimum absolute atomic E-state index is 0.0122. The second-order valence-corrected chi connectivity index (χ2v) is 10.6. The number of fused-ring (bicyclic) bond motifs is 1. The van der Waals surface area contributed by atoms with Crippen molar-refractivity contribution < 1.29 is 22.1 Å². The molecular weight excluding hydrogens is 479 g/mol. The van der Waals surface area contributed by atoms with Gasteiger partial charge in [0.15, 0.2) is 26.8 Å². The van der Waals surface area contributed by atoms with Crippen LogP contribution in [0.3, 0.4) is 0 Å². The van der Waals surface area contributed by atoms with Crippen LogP contribution in [0.15, 0.2) is 33.9 Å². The molecule has 0 aliphatic carbocycles. The molecular formula is C21H23FN8O4S. The summed E-state index contributed by atoms with van der Waals surface area (Å²) in [6.45, 7) is 5.35. The molecule has 1 saturated heterocycles. The summed E-state index contributed by atoms with van der Waals surface area (Å²) in [5.41, 5.74) is 0.531. The standard InChI is InChI=1S/C21H23FN8O4S/c1-12(2)18-25-21(34-27-18)29-8-6-13(7-9-29)33-20-17-19(23-11-24-20)30(28-26-17)16-5-4-14(10-15(16)22)35(3,31)32/h4-5,10-13H,6-9H2,1-3H3. The van der Waals surface area contributed by atoms with Crippen molar-refractivity contribution in [2.24, 2.45) is 0 Å². The van der Waals surface area contributed by atoms with E-state index in [4.69, 9.17) is 9.26 Å². The number of hydrogen-bond acceptors (Lipinski definition) is 11. The van der Waals surface area contributed by atoms with E-state index in [0.717, 1.165) is 12.3 Å². The highest BCUT2D eigenvalue weighted by Crippen LogP contribution is 2.27. The van der Waals surface area contributed by atoms with Crippen molar-refractivity contribution in [1.82, 2.24) is 35.1 Å². The summed E-state index contributed by atoms with van der Waals surface area (Å²) in [7, 11) is -3.55. The first kappa shape index (κ1) is 23.1. The van der Waals surface area contributed by atoms with Crippen molar-refractivity contribution in [3.63, 3.8) is 0 Å². The summed E-state index contributed by atoms with van der Waals surface area (Å²) in [4.78, 5) is 14.7. The lowest BCUT2D eigenvalue weighted by atomic mass is 10.1. The lowest BCUT2D eigenvalue weighted by molar-refractivity contribution is 0.163. The zero-order valence-electron chi connectivity index (χ0n) is 19.3. The number of ether oxygens (including phenoxy) is 1. The Hall–Kier alpha value is -3.68. The molecule has 35 heavy (non-hydrogen) atoms. The fraction of sp³-hybridized carbons (Fsp3) is 0.429. The van der Waals surface area contributed by atoms with Crippen molar-refractivity contribution in [2.45, 2.75) is 43.6 Å². The van der Waals surface area contributed by atoms with Crippen LogP contribution in [0, 0.1) is 5.82 Å². The average Bonchev–Trinajstić information content (AvgIpc) is 3.47. The van der Waals surface area contributed by atoms with Gasteiger partial charge in [0.25, 0.3) is 0 Å². The van der Waals surface area contributed by atoms with E-state index in [1.165, 1.54) is 23.1 Å². The molecule has 12 nitrogen and oxygen atoms in total. The Kier molecular flexibility index (Phi) is 5.83. The Morgan fingerprint density at radius 3 is 2.63 bits per heavy atom. The van der Waals surface area contributed by atoms with E-state index in [1.807, 2.05) is 18.7 Å². The van der Waals surface area contributed by atoms with Gasteiger partial charge in [0.05, 0.1) is 4.90 Å². The summed E-state index contributed by atoms with van der Waals surface area (Å²) < 4.78 is 50.8. The quantitative estimate of drug-likeness (QED) is 0.383. The zero-order chi connectivity index (χ0) is 24.7. The lowest BCUT2D eigenvalue weighted by Gasteiger charge is -2.30. The molecule has 4 aromatic rings. The van der Waals surface area contributed by atoms with E-state index in [9.17, 15) is 12.8 Å². The van der Waals surface area contributed by atoms with Crippen molar-refractivity contribution in [1.29, 1.82) is 0 Å². The lowest BCUT2D eigenvalue weighted by Crippen LogP contribution is -2.38. The van der Waals surface area contributed by atoms with E-state index < -0.39 is 15.7 Å². The van der Waals surface area contributed by atoms with Crippen LogP contribution >= 0.6 is 0 Å². The number of nitrogens with zero attached hydrogens (tertiary/aromatic N) is 8. The van der Waals surface area contributed by atoms with E-state index >= 15 is 0 Å². The van der Waals surface area contributed by atoms with Crippen LogP contribution in [0.4, 0.5) is 10.4 Å². The molecule has 0 atom stereocenters. The number of benzene rings is 1. The molecule has 3 aromatic heterocycles. The van der Waals surface area contributed by atoms with E-state index in [-0.39, 0.29) is 39.6 Å². The third-order valence-electron chi connectivity index (χ3n) is 5.72. The van der Waals surface area contributed by atoms with E-state index in [1.54, 1.807) is 0 Å². The number of anilines is 1. The number of hydrogen-bond donors (Lipinski definition) is 0. The maximum atomic E-state index is 14.7. The van der Waals surface area contributed by atoms with Crippen LogP contribution in [-0.2, 0) is 9.84 Å². The second-order valence-electron chi connectivity index (χ2n) is 8.63. The van der Waals surface area contributed by atoms with Crippen LogP contribution in [-0.4, -0.2) is 69.0 Å². The van der Waals surface area contributed by atoms with Gasteiger partial charge in [0, 0.05) is 38.1 Å². The normalized spacial score (nSPS) is 15.3. The maximum Gasteiger partial charge on any atom is 0.324 e. The minimum atomic E-state index is -3.55. The molecule has 0 saturated carbocycles. The average molecular weight is 503 g/mol. The maximum absolute atomic E-state index is 14.7. The Bertz CT molecular complexity index is 1480. The smallest absolute Gasteiger partial charge is 0.324 e. The van der Waals surface area contributed by atoms with Crippen molar-refractivity contribution in [3.8, 4) is 11.6 Å². The van der Waals surface area contributed by atoms with Gasteiger partial charge in [-0.05, 0) is 18.2 Å². The van der Waals surface area contributed by atoms with E-state index in [2.05, 4.69) is 30.4 Å². The number of sulfone groups is 1. The zero-order valence-corrected chi connectivity index (χ0v) is 20.1. The van der Waals surface area contributed by atoms with Gasteiger partial charge < -0.3 is 14.2 Å². The number of aromatic nitrogens is 7. The van der Waals surface area contributed by atoms with Crippen molar-refractivity contribution >= 4 is 27.0 Å². The van der Waals surface area contributed by atoms with Gasteiger partial charge in [-0.25, -0.2) is 17.8 Å². The predicted octanol–water partition coefficient (Wildman–Crippen LogP) is 2.31. The molecule has 0 N–H and O–H groups in total. The highest BCUT2D eigenvalue weighted by Gasteiger charge is 2.26. The molecule has 1 aliphatic heterocycles. The summed E-state index contributed by atoms with van der Waals surface area (Å²) in [6, 6.07) is 4.07. The molecule has 5 rings (SSSR count). The fourth-order valence-electron chi connectivity index (χ4n) is 3.78. The summed E-state index contributed by atoms with van der Waals surface area (Å²) in [6.07, 6.45) is 3.56.